The number of amides is 1. The number of rotatable bonds is 4. The third-order valence-electron chi connectivity index (χ3n) is 2.33. The van der Waals surface area contributed by atoms with Crippen LogP contribution in [0, 0.1) is 0 Å². The van der Waals surface area contributed by atoms with Crippen molar-refractivity contribution in [3.8, 4) is 0 Å². The fourth-order valence-electron chi connectivity index (χ4n) is 1.48. The van der Waals surface area contributed by atoms with Gasteiger partial charge < -0.3 is 11.1 Å². The number of nitrogens with zero attached hydrogens (tertiary/aromatic N) is 3. The van der Waals surface area contributed by atoms with E-state index in [0.29, 0.717) is 24.3 Å². The predicted octanol–water partition coefficient (Wildman–Crippen LogP) is 0.431. The molecule has 0 bridgehead atoms. The molecule has 0 fully saturated rings. The summed E-state index contributed by atoms with van der Waals surface area (Å²) < 4.78 is 1.47. The Morgan fingerprint density at radius 3 is 3.06 bits per heavy atom. The molecule has 0 radical (unpaired) electrons. The lowest BCUT2D eigenvalue weighted by Crippen LogP contribution is -2.28. The van der Waals surface area contributed by atoms with Gasteiger partial charge in [-0.05, 0) is 0 Å². The number of carbonyl (C=O) groups excluding carboxylic acids is 1. The van der Waals surface area contributed by atoms with Gasteiger partial charge in [0.25, 0.3) is 5.91 Å². The SMILES string of the molecule is Cn1ncc(N)c1C(=O)NCCc1cscn1. The van der Waals surface area contributed by atoms with E-state index >= 15 is 0 Å². The molecule has 0 aliphatic carbocycles. The van der Waals surface area contributed by atoms with Crippen molar-refractivity contribution in [1.82, 2.24) is 20.1 Å². The average Bonchev–Trinajstić information content (AvgIpc) is 2.89. The Bertz CT molecular complexity index is 485. The van der Waals surface area contributed by atoms with Gasteiger partial charge in [-0.1, -0.05) is 0 Å². The van der Waals surface area contributed by atoms with Gasteiger partial charge in [-0.3, -0.25) is 9.48 Å². The molecule has 2 rings (SSSR count). The van der Waals surface area contributed by atoms with Crippen molar-refractivity contribution >= 4 is 22.9 Å². The third-order valence-corrected chi connectivity index (χ3v) is 2.97. The van der Waals surface area contributed by atoms with E-state index in [2.05, 4.69) is 15.4 Å². The fraction of sp³-hybridized carbons (Fsp3) is 0.300. The van der Waals surface area contributed by atoms with E-state index < -0.39 is 0 Å². The zero-order valence-electron chi connectivity index (χ0n) is 9.38. The number of hydrogen-bond acceptors (Lipinski definition) is 5. The van der Waals surface area contributed by atoms with Crippen LogP contribution < -0.4 is 11.1 Å². The van der Waals surface area contributed by atoms with Gasteiger partial charge >= 0.3 is 0 Å². The first-order valence-electron chi connectivity index (χ1n) is 5.11. The minimum Gasteiger partial charge on any atom is -0.396 e. The van der Waals surface area contributed by atoms with Crippen molar-refractivity contribution in [1.29, 1.82) is 0 Å². The van der Waals surface area contributed by atoms with Crippen molar-refractivity contribution in [2.24, 2.45) is 7.05 Å². The molecule has 1 amide bonds. The first-order valence-corrected chi connectivity index (χ1v) is 6.05. The maximum atomic E-state index is 11.8. The highest BCUT2D eigenvalue weighted by Gasteiger charge is 2.14. The van der Waals surface area contributed by atoms with Gasteiger partial charge in [0.1, 0.15) is 5.69 Å². The standard InChI is InChI=1S/C10H13N5OS/c1-15-9(8(11)4-14-15)10(16)12-3-2-7-5-17-6-13-7/h4-6H,2-3,11H2,1H3,(H,12,16). The molecule has 0 unspecified atom stereocenters. The second-order valence-electron chi connectivity index (χ2n) is 3.56. The zero-order chi connectivity index (χ0) is 12.3. The topological polar surface area (TPSA) is 85.8 Å². The predicted molar refractivity (Wildman–Crippen MR) is 65.8 cm³/mol. The van der Waals surface area contributed by atoms with Crippen molar-refractivity contribution in [3.05, 3.63) is 28.5 Å². The molecule has 0 aromatic carbocycles. The van der Waals surface area contributed by atoms with Crippen molar-refractivity contribution < 1.29 is 4.79 Å². The Morgan fingerprint density at radius 1 is 1.65 bits per heavy atom. The molecule has 0 saturated heterocycles. The summed E-state index contributed by atoms with van der Waals surface area (Å²) in [5, 5.41) is 8.67. The van der Waals surface area contributed by atoms with Gasteiger partial charge in [0.05, 0.1) is 23.1 Å². The molecule has 2 aromatic rings. The van der Waals surface area contributed by atoms with E-state index in [1.807, 2.05) is 5.38 Å². The first kappa shape index (κ1) is 11.6. The number of aryl methyl sites for hydroxylation is 1. The normalized spacial score (nSPS) is 10.4. The van der Waals surface area contributed by atoms with Crippen molar-refractivity contribution in [2.45, 2.75) is 6.42 Å². The Balaban J connectivity index is 1.90. The first-order chi connectivity index (χ1) is 8.18. The summed E-state index contributed by atoms with van der Waals surface area (Å²) in [7, 11) is 1.69. The smallest absolute Gasteiger partial charge is 0.271 e. The van der Waals surface area contributed by atoms with Crippen LogP contribution in [0.25, 0.3) is 0 Å². The monoisotopic (exact) mass is 251 g/mol. The summed E-state index contributed by atoms with van der Waals surface area (Å²) in [4.78, 5) is 15.9. The maximum Gasteiger partial charge on any atom is 0.271 e. The molecule has 7 heteroatoms. The minimum atomic E-state index is -0.210. The second kappa shape index (κ2) is 4.96. The average molecular weight is 251 g/mol. The van der Waals surface area contributed by atoms with E-state index in [1.165, 1.54) is 10.9 Å². The lowest BCUT2D eigenvalue weighted by molar-refractivity contribution is 0.0945. The molecule has 0 aliphatic rings. The number of nitrogens with one attached hydrogen (secondary N) is 1. The fourth-order valence-corrected chi connectivity index (χ4v) is 2.07. The summed E-state index contributed by atoms with van der Waals surface area (Å²) >= 11 is 1.54. The van der Waals surface area contributed by atoms with Crippen molar-refractivity contribution in [2.75, 3.05) is 12.3 Å². The lowest BCUT2D eigenvalue weighted by atomic mass is 10.3. The molecule has 0 spiro atoms. The number of nitrogens with two attached hydrogens (primary N) is 1. The third kappa shape index (κ3) is 2.62. The number of carbonyl (C=O) groups is 1. The van der Waals surface area contributed by atoms with Gasteiger partial charge in [-0.25, -0.2) is 4.98 Å². The van der Waals surface area contributed by atoms with Crippen LogP contribution in [0.5, 0.6) is 0 Å². The highest BCUT2D eigenvalue weighted by Crippen LogP contribution is 2.08. The molecule has 0 atom stereocenters. The number of thiazole rings is 1. The second-order valence-corrected chi connectivity index (χ2v) is 4.28. The molecular weight excluding hydrogens is 238 g/mol. The van der Waals surface area contributed by atoms with E-state index in [1.54, 1.807) is 23.9 Å². The summed E-state index contributed by atoms with van der Waals surface area (Å²) in [5.41, 5.74) is 9.19. The van der Waals surface area contributed by atoms with Crippen LogP contribution in [0.15, 0.2) is 17.1 Å². The van der Waals surface area contributed by atoms with Crippen LogP contribution in [-0.2, 0) is 13.5 Å². The number of nitrogen functional groups attached to an aromatic ring is 1. The quantitative estimate of drug-likeness (QED) is 0.825. The van der Waals surface area contributed by atoms with Crippen molar-refractivity contribution in [3.63, 3.8) is 0 Å². The number of hydrogen-bond donors (Lipinski definition) is 2. The van der Waals surface area contributed by atoms with Crippen LogP contribution in [0.2, 0.25) is 0 Å². The summed E-state index contributed by atoms with van der Waals surface area (Å²) in [6.45, 7) is 0.535. The van der Waals surface area contributed by atoms with Crippen LogP contribution >= 0.6 is 11.3 Å². The van der Waals surface area contributed by atoms with Gasteiger partial charge in [0.2, 0.25) is 0 Å². The molecule has 17 heavy (non-hydrogen) atoms. The summed E-state index contributed by atoms with van der Waals surface area (Å²) in [6, 6.07) is 0. The minimum absolute atomic E-state index is 0.210. The van der Waals surface area contributed by atoms with E-state index in [4.69, 9.17) is 5.73 Å². The zero-order valence-corrected chi connectivity index (χ0v) is 10.2. The van der Waals surface area contributed by atoms with Gasteiger partial charge in [-0.2, -0.15) is 5.10 Å². The van der Waals surface area contributed by atoms with Crippen LogP contribution in [0.4, 0.5) is 5.69 Å². The van der Waals surface area contributed by atoms with Gasteiger partial charge in [0, 0.05) is 25.4 Å². The molecule has 0 saturated carbocycles. The Labute approximate surface area is 102 Å². The molecular formula is C10H13N5OS. The lowest BCUT2D eigenvalue weighted by Gasteiger charge is -2.05. The molecule has 2 heterocycles. The number of anilines is 1. The Kier molecular flexibility index (Phi) is 3.38. The summed E-state index contributed by atoms with van der Waals surface area (Å²) in [5.74, 6) is -0.210. The molecule has 90 valence electrons. The van der Waals surface area contributed by atoms with Crippen LogP contribution in [0.3, 0.4) is 0 Å². The highest BCUT2D eigenvalue weighted by molar-refractivity contribution is 7.07. The van der Waals surface area contributed by atoms with Crippen LogP contribution in [-0.4, -0.2) is 27.2 Å². The van der Waals surface area contributed by atoms with E-state index in [9.17, 15) is 4.79 Å². The van der Waals surface area contributed by atoms with E-state index in [0.717, 1.165) is 5.69 Å². The number of aromatic nitrogens is 3. The molecule has 6 nitrogen and oxygen atoms in total. The molecule has 0 aliphatic heterocycles. The van der Waals surface area contributed by atoms with Gasteiger partial charge in [-0.15, -0.1) is 11.3 Å². The maximum absolute atomic E-state index is 11.8. The van der Waals surface area contributed by atoms with Gasteiger partial charge in [0.15, 0.2) is 0 Å². The largest absolute Gasteiger partial charge is 0.396 e. The highest BCUT2D eigenvalue weighted by atomic mass is 32.1. The van der Waals surface area contributed by atoms with Crippen LogP contribution in [0.1, 0.15) is 16.2 Å². The summed E-state index contributed by atoms with van der Waals surface area (Å²) in [6.07, 6.45) is 2.18. The Morgan fingerprint density at radius 2 is 2.47 bits per heavy atom. The van der Waals surface area contributed by atoms with E-state index in [-0.39, 0.29) is 5.91 Å². The Hall–Kier alpha value is -1.89. The molecule has 2 aromatic heterocycles. The molecule has 3 N–H and O–H groups in total.